The Hall–Kier alpha value is -3.14. The molecule has 7 nitrogen and oxygen atoms in total. The largest absolute Gasteiger partial charge is 0.420 e. The Labute approximate surface area is 152 Å². The third-order valence-corrected chi connectivity index (χ3v) is 3.50. The third-order valence-electron chi connectivity index (χ3n) is 3.50. The van der Waals surface area contributed by atoms with Crippen molar-refractivity contribution in [3.8, 4) is 11.6 Å². The fourth-order valence-corrected chi connectivity index (χ4v) is 2.24. The topological polar surface area (TPSA) is 89.2 Å². The summed E-state index contributed by atoms with van der Waals surface area (Å²) in [5.41, 5.74) is 0.363. The minimum atomic E-state index is -1.58. The van der Waals surface area contributed by atoms with Crippen molar-refractivity contribution in [3.63, 3.8) is 0 Å². The van der Waals surface area contributed by atoms with Crippen LogP contribution in [0.15, 0.2) is 36.0 Å². The molecule has 0 aliphatic carbocycles. The zero-order valence-electron chi connectivity index (χ0n) is 14.7. The number of carbonyl (C=O) groups excluding carboxylic acids is 1. The van der Waals surface area contributed by atoms with Crippen molar-refractivity contribution in [2.24, 2.45) is 0 Å². The summed E-state index contributed by atoms with van der Waals surface area (Å²) in [6.45, 7) is 1.59. The van der Waals surface area contributed by atoms with E-state index < -0.39 is 23.6 Å². The molecule has 1 unspecified atom stereocenters. The Morgan fingerprint density at radius 2 is 1.96 bits per heavy atom. The molecule has 1 heterocycles. The van der Waals surface area contributed by atoms with Gasteiger partial charge in [-0.1, -0.05) is 0 Å². The van der Waals surface area contributed by atoms with E-state index in [0.29, 0.717) is 5.57 Å². The molecule has 0 aliphatic rings. The molecule has 2 aromatic rings. The Balaban J connectivity index is 2.14. The van der Waals surface area contributed by atoms with Gasteiger partial charge >= 0.3 is 0 Å². The van der Waals surface area contributed by atoms with Crippen molar-refractivity contribution in [2.45, 2.75) is 13.0 Å². The maximum atomic E-state index is 13.3. The number of halogens is 3. The molecule has 0 saturated carbocycles. The van der Waals surface area contributed by atoms with E-state index in [2.05, 4.69) is 10.4 Å². The molecule has 0 fully saturated rings. The van der Waals surface area contributed by atoms with Crippen LogP contribution >= 0.6 is 0 Å². The van der Waals surface area contributed by atoms with Crippen molar-refractivity contribution in [1.82, 2.24) is 15.1 Å². The van der Waals surface area contributed by atoms with Gasteiger partial charge < -0.3 is 14.8 Å². The van der Waals surface area contributed by atoms with Crippen LogP contribution in [-0.2, 0) is 9.53 Å². The molecule has 2 rings (SSSR count). The SMILES string of the molecule is CNC(=O)C(OC)/C(C)=C\C(=N)Oc1ccn(-c2cc(F)c(F)c(F)c2)n1. The Morgan fingerprint density at radius 1 is 1.33 bits per heavy atom. The molecule has 0 spiro atoms. The number of hydrogen-bond donors (Lipinski definition) is 2. The summed E-state index contributed by atoms with van der Waals surface area (Å²) >= 11 is 0. The highest BCUT2D eigenvalue weighted by molar-refractivity contribution is 5.90. The van der Waals surface area contributed by atoms with Crippen LogP contribution < -0.4 is 10.1 Å². The van der Waals surface area contributed by atoms with Crippen LogP contribution in [0, 0.1) is 22.9 Å². The highest BCUT2D eigenvalue weighted by Crippen LogP contribution is 2.18. The van der Waals surface area contributed by atoms with E-state index in [1.807, 2.05) is 0 Å². The normalized spacial score (nSPS) is 12.6. The van der Waals surface area contributed by atoms with E-state index in [1.54, 1.807) is 6.92 Å². The summed E-state index contributed by atoms with van der Waals surface area (Å²) in [5.74, 6) is -5.04. The summed E-state index contributed by atoms with van der Waals surface area (Å²) in [5, 5.41) is 14.2. The maximum absolute atomic E-state index is 13.3. The third kappa shape index (κ3) is 4.73. The predicted octanol–water partition coefficient (Wildman–Crippen LogP) is 2.35. The molecule has 27 heavy (non-hydrogen) atoms. The van der Waals surface area contributed by atoms with Gasteiger partial charge in [-0.2, -0.15) is 0 Å². The Bertz CT molecular complexity index is 872. The number of methoxy groups -OCH3 is 1. The van der Waals surface area contributed by atoms with Crippen molar-refractivity contribution in [2.75, 3.05) is 14.2 Å². The number of ether oxygens (including phenoxy) is 2. The van der Waals surface area contributed by atoms with E-state index in [4.69, 9.17) is 14.9 Å². The van der Waals surface area contributed by atoms with Crippen LogP contribution in [0.2, 0.25) is 0 Å². The second-order valence-corrected chi connectivity index (χ2v) is 5.41. The number of likely N-dealkylation sites (N-methyl/N-ethyl adjacent to an activating group) is 1. The second-order valence-electron chi connectivity index (χ2n) is 5.41. The van der Waals surface area contributed by atoms with Gasteiger partial charge in [0.25, 0.3) is 5.91 Å². The van der Waals surface area contributed by atoms with Crippen molar-refractivity contribution < 1.29 is 27.4 Å². The Kier molecular flexibility index (Phi) is 6.35. The molecule has 0 bridgehead atoms. The monoisotopic (exact) mass is 382 g/mol. The van der Waals surface area contributed by atoms with Gasteiger partial charge in [0.1, 0.15) is 0 Å². The van der Waals surface area contributed by atoms with E-state index in [1.165, 1.54) is 32.5 Å². The van der Waals surface area contributed by atoms with Gasteiger partial charge in [-0.05, 0) is 12.5 Å². The van der Waals surface area contributed by atoms with E-state index in [9.17, 15) is 18.0 Å². The molecular weight excluding hydrogens is 365 g/mol. The lowest BCUT2D eigenvalue weighted by Crippen LogP contribution is -2.34. The van der Waals surface area contributed by atoms with Crippen LogP contribution in [0.25, 0.3) is 5.69 Å². The van der Waals surface area contributed by atoms with Crippen molar-refractivity contribution in [1.29, 1.82) is 5.41 Å². The first kappa shape index (κ1) is 20.2. The summed E-state index contributed by atoms with van der Waals surface area (Å²) in [7, 11) is 2.81. The van der Waals surface area contributed by atoms with Crippen LogP contribution in [0.1, 0.15) is 6.92 Å². The van der Waals surface area contributed by atoms with E-state index >= 15 is 0 Å². The average molecular weight is 382 g/mol. The van der Waals surface area contributed by atoms with Crippen LogP contribution in [-0.4, -0.2) is 41.8 Å². The zero-order chi connectivity index (χ0) is 20.1. The van der Waals surface area contributed by atoms with Crippen LogP contribution in [0.3, 0.4) is 0 Å². The molecule has 0 aliphatic heterocycles. The summed E-state index contributed by atoms with van der Waals surface area (Å²) in [6, 6.07) is 2.90. The molecule has 1 aromatic heterocycles. The smallest absolute Gasteiger partial charge is 0.253 e. The van der Waals surface area contributed by atoms with Gasteiger partial charge in [-0.3, -0.25) is 10.2 Å². The number of nitrogens with one attached hydrogen (secondary N) is 2. The molecule has 1 aromatic carbocycles. The molecular formula is C17H17F3N4O3. The first-order valence-corrected chi connectivity index (χ1v) is 7.66. The van der Waals surface area contributed by atoms with Gasteiger partial charge in [-0.15, -0.1) is 5.10 Å². The number of rotatable bonds is 6. The molecule has 0 radical (unpaired) electrons. The zero-order valence-corrected chi connectivity index (χ0v) is 14.7. The molecule has 0 saturated heterocycles. The van der Waals surface area contributed by atoms with E-state index in [0.717, 1.165) is 16.8 Å². The van der Waals surface area contributed by atoms with Gasteiger partial charge in [0.05, 0.1) is 5.69 Å². The van der Waals surface area contributed by atoms with Crippen molar-refractivity contribution >= 4 is 11.8 Å². The molecule has 144 valence electrons. The summed E-state index contributed by atoms with van der Waals surface area (Å²) in [4.78, 5) is 11.7. The highest BCUT2D eigenvalue weighted by atomic mass is 19.2. The fourth-order valence-electron chi connectivity index (χ4n) is 2.24. The van der Waals surface area contributed by atoms with Gasteiger partial charge in [0.15, 0.2) is 23.6 Å². The van der Waals surface area contributed by atoms with Gasteiger partial charge in [0.2, 0.25) is 11.8 Å². The van der Waals surface area contributed by atoms with E-state index in [-0.39, 0.29) is 23.4 Å². The molecule has 2 N–H and O–H groups in total. The lowest BCUT2D eigenvalue weighted by molar-refractivity contribution is -0.128. The summed E-state index contributed by atoms with van der Waals surface area (Å²) in [6.07, 6.45) is 1.72. The number of nitrogens with zero attached hydrogens (tertiary/aromatic N) is 2. The maximum Gasteiger partial charge on any atom is 0.253 e. The lowest BCUT2D eigenvalue weighted by Gasteiger charge is -2.14. The molecule has 1 atom stereocenters. The van der Waals surface area contributed by atoms with Crippen LogP contribution in [0.4, 0.5) is 13.2 Å². The molecule has 1 amide bonds. The standard InChI is InChI=1S/C17H17F3N4O3/c1-9(16(26-3)17(25)22-2)6-13(21)27-14-4-5-24(23-14)10-7-11(18)15(20)12(19)8-10/h4-8,16,21H,1-3H3,(H,22,25)/b9-6-,21-13?. The number of amides is 1. The average Bonchev–Trinajstić information content (AvgIpc) is 3.07. The first-order chi connectivity index (χ1) is 12.8. The number of benzene rings is 1. The minimum Gasteiger partial charge on any atom is -0.420 e. The number of carbonyl (C=O) groups is 1. The Morgan fingerprint density at radius 3 is 2.52 bits per heavy atom. The summed E-state index contributed by atoms with van der Waals surface area (Å²) < 4.78 is 51.0. The molecule has 10 heteroatoms. The van der Waals surface area contributed by atoms with Gasteiger partial charge in [-0.25, -0.2) is 17.9 Å². The highest BCUT2D eigenvalue weighted by Gasteiger charge is 2.19. The lowest BCUT2D eigenvalue weighted by atomic mass is 10.1. The predicted molar refractivity (Wildman–Crippen MR) is 90.4 cm³/mol. The fraction of sp³-hybridized carbons (Fsp3) is 0.235. The van der Waals surface area contributed by atoms with Gasteiger partial charge in [0, 0.05) is 44.6 Å². The number of hydrogen-bond acceptors (Lipinski definition) is 5. The second kappa shape index (κ2) is 8.49. The minimum absolute atomic E-state index is 0.0388. The van der Waals surface area contributed by atoms with Crippen LogP contribution in [0.5, 0.6) is 5.88 Å². The quantitative estimate of drug-likeness (QED) is 0.456. The first-order valence-electron chi connectivity index (χ1n) is 7.66. The number of aromatic nitrogens is 2. The van der Waals surface area contributed by atoms with Crippen molar-refractivity contribution in [3.05, 3.63) is 53.5 Å².